The molecule has 0 aromatic heterocycles. The molecule has 0 fully saturated rings. The normalized spacial score (nSPS) is 21.1. The van der Waals surface area contributed by atoms with Gasteiger partial charge in [-0.3, -0.25) is 0 Å². The molecule has 0 radical (unpaired) electrons. The Kier molecular flexibility index (Phi) is 2.76. The van der Waals surface area contributed by atoms with E-state index in [2.05, 4.69) is 25.1 Å². The van der Waals surface area contributed by atoms with E-state index in [1.165, 1.54) is 36.8 Å². The zero-order chi connectivity index (χ0) is 9.97. The van der Waals surface area contributed by atoms with E-state index >= 15 is 0 Å². The van der Waals surface area contributed by atoms with Crippen LogP contribution in [0.2, 0.25) is 0 Å². The second-order valence-electron chi connectivity index (χ2n) is 4.21. The summed E-state index contributed by atoms with van der Waals surface area (Å²) in [6.45, 7) is 2.33. The Morgan fingerprint density at radius 1 is 1.29 bits per heavy atom. The molecule has 0 saturated heterocycles. The van der Waals surface area contributed by atoms with Crippen LogP contribution in [0, 0.1) is 0 Å². The van der Waals surface area contributed by atoms with Gasteiger partial charge in [0.2, 0.25) is 0 Å². The molecule has 1 aliphatic carbocycles. The number of fused-ring (bicyclic) bond motifs is 1. The third-order valence-corrected chi connectivity index (χ3v) is 3.21. The van der Waals surface area contributed by atoms with Gasteiger partial charge in [-0.25, -0.2) is 0 Å². The molecule has 0 saturated carbocycles. The second-order valence-corrected chi connectivity index (χ2v) is 4.21. The minimum atomic E-state index is 0.721. The number of rotatable bonds is 1. The maximum absolute atomic E-state index is 5.26. The van der Waals surface area contributed by atoms with E-state index in [1.54, 1.807) is 7.11 Å². The fraction of sp³-hybridized carbons (Fsp3) is 0.538. The van der Waals surface area contributed by atoms with Crippen molar-refractivity contribution in [3.63, 3.8) is 0 Å². The molecule has 0 spiro atoms. The summed E-state index contributed by atoms with van der Waals surface area (Å²) in [5.74, 6) is 1.72. The summed E-state index contributed by atoms with van der Waals surface area (Å²) in [6.07, 6.45) is 5.23. The molecule has 1 aliphatic rings. The molecule has 0 N–H and O–H groups in total. The molecule has 1 atom stereocenters. The number of aryl methyl sites for hydroxylation is 1. The molecule has 1 nitrogen and oxygen atoms in total. The van der Waals surface area contributed by atoms with Crippen LogP contribution in [0.1, 0.15) is 43.2 Å². The standard InChI is InChI=1S/C13H18O/c1-10-5-3-4-6-11-9-12(14-2)7-8-13(10)11/h7-10H,3-6H2,1-2H3. The zero-order valence-corrected chi connectivity index (χ0v) is 9.05. The fourth-order valence-electron chi connectivity index (χ4n) is 2.33. The first-order valence-corrected chi connectivity index (χ1v) is 5.48. The first-order valence-electron chi connectivity index (χ1n) is 5.48. The Hall–Kier alpha value is -0.980. The van der Waals surface area contributed by atoms with Gasteiger partial charge in [-0.15, -0.1) is 0 Å². The fourth-order valence-corrected chi connectivity index (χ4v) is 2.33. The second kappa shape index (κ2) is 4.04. The van der Waals surface area contributed by atoms with Crippen LogP contribution in [-0.4, -0.2) is 7.11 Å². The Labute approximate surface area is 86.1 Å². The zero-order valence-electron chi connectivity index (χ0n) is 9.05. The molecule has 2 rings (SSSR count). The Morgan fingerprint density at radius 2 is 2.14 bits per heavy atom. The van der Waals surface area contributed by atoms with E-state index in [-0.39, 0.29) is 0 Å². The van der Waals surface area contributed by atoms with Crippen LogP contribution in [-0.2, 0) is 6.42 Å². The van der Waals surface area contributed by atoms with Crippen molar-refractivity contribution in [3.8, 4) is 5.75 Å². The minimum absolute atomic E-state index is 0.721. The third-order valence-electron chi connectivity index (χ3n) is 3.21. The first-order chi connectivity index (χ1) is 6.81. The van der Waals surface area contributed by atoms with E-state index in [9.17, 15) is 0 Å². The van der Waals surface area contributed by atoms with E-state index < -0.39 is 0 Å². The van der Waals surface area contributed by atoms with Crippen LogP contribution in [0.5, 0.6) is 5.75 Å². The van der Waals surface area contributed by atoms with E-state index in [0.717, 1.165) is 11.7 Å². The summed E-state index contributed by atoms with van der Waals surface area (Å²) < 4.78 is 5.26. The van der Waals surface area contributed by atoms with Gasteiger partial charge in [0, 0.05) is 0 Å². The van der Waals surface area contributed by atoms with Gasteiger partial charge in [0.05, 0.1) is 7.11 Å². The van der Waals surface area contributed by atoms with Gasteiger partial charge in [-0.05, 0) is 48.4 Å². The molecular weight excluding hydrogens is 172 g/mol. The summed E-state index contributed by atoms with van der Waals surface area (Å²) in [6, 6.07) is 6.53. The SMILES string of the molecule is COc1ccc2c(c1)CCCCC2C. The summed E-state index contributed by atoms with van der Waals surface area (Å²) in [5.41, 5.74) is 3.03. The van der Waals surface area contributed by atoms with Gasteiger partial charge in [0.1, 0.15) is 5.75 Å². The summed E-state index contributed by atoms with van der Waals surface area (Å²) in [4.78, 5) is 0. The van der Waals surface area contributed by atoms with Crippen molar-refractivity contribution in [2.24, 2.45) is 0 Å². The summed E-state index contributed by atoms with van der Waals surface area (Å²) >= 11 is 0. The van der Waals surface area contributed by atoms with Crippen LogP contribution < -0.4 is 4.74 Å². The Balaban J connectivity index is 2.38. The highest BCUT2D eigenvalue weighted by Gasteiger charge is 2.14. The predicted octanol–water partition coefficient (Wildman–Crippen LogP) is 3.53. The van der Waals surface area contributed by atoms with Gasteiger partial charge in [0.15, 0.2) is 0 Å². The number of hydrogen-bond donors (Lipinski definition) is 0. The molecule has 1 unspecified atom stereocenters. The number of ether oxygens (including phenoxy) is 1. The van der Waals surface area contributed by atoms with Crippen molar-refractivity contribution >= 4 is 0 Å². The molecule has 1 aromatic rings. The highest BCUT2D eigenvalue weighted by Crippen LogP contribution is 2.32. The number of methoxy groups -OCH3 is 1. The van der Waals surface area contributed by atoms with E-state index in [1.807, 2.05) is 0 Å². The van der Waals surface area contributed by atoms with Crippen LogP contribution in [0.15, 0.2) is 18.2 Å². The monoisotopic (exact) mass is 190 g/mol. The molecule has 1 heteroatoms. The Bertz CT molecular complexity index is 317. The van der Waals surface area contributed by atoms with Crippen LogP contribution in [0.25, 0.3) is 0 Å². The summed E-state index contributed by atoms with van der Waals surface area (Å²) in [7, 11) is 1.74. The number of hydrogen-bond acceptors (Lipinski definition) is 1. The van der Waals surface area contributed by atoms with Crippen molar-refractivity contribution < 1.29 is 4.74 Å². The Morgan fingerprint density at radius 3 is 2.93 bits per heavy atom. The lowest BCUT2D eigenvalue weighted by atomic mass is 9.94. The minimum Gasteiger partial charge on any atom is -0.497 e. The van der Waals surface area contributed by atoms with Crippen molar-refractivity contribution in [1.82, 2.24) is 0 Å². The van der Waals surface area contributed by atoms with Crippen molar-refractivity contribution in [2.75, 3.05) is 7.11 Å². The van der Waals surface area contributed by atoms with Gasteiger partial charge in [-0.2, -0.15) is 0 Å². The maximum atomic E-state index is 5.26. The van der Waals surface area contributed by atoms with Gasteiger partial charge in [0.25, 0.3) is 0 Å². The summed E-state index contributed by atoms with van der Waals surface area (Å²) in [5, 5.41) is 0. The van der Waals surface area contributed by atoms with Crippen LogP contribution in [0.4, 0.5) is 0 Å². The van der Waals surface area contributed by atoms with E-state index in [4.69, 9.17) is 4.74 Å². The average Bonchev–Trinajstić information content (AvgIpc) is 2.40. The van der Waals surface area contributed by atoms with Gasteiger partial charge in [-0.1, -0.05) is 19.4 Å². The lowest BCUT2D eigenvalue weighted by Crippen LogP contribution is -1.96. The molecule has 14 heavy (non-hydrogen) atoms. The van der Waals surface area contributed by atoms with Gasteiger partial charge >= 0.3 is 0 Å². The quantitative estimate of drug-likeness (QED) is 0.616. The molecule has 76 valence electrons. The molecule has 1 aromatic carbocycles. The highest BCUT2D eigenvalue weighted by molar-refractivity contribution is 5.38. The van der Waals surface area contributed by atoms with Crippen molar-refractivity contribution in [1.29, 1.82) is 0 Å². The maximum Gasteiger partial charge on any atom is 0.119 e. The van der Waals surface area contributed by atoms with Crippen molar-refractivity contribution in [3.05, 3.63) is 29.3 Å². The highest BCUT2D eigenvalue weighted by atomic mass is 16.5. The molecule has 0 bridgehead atoms. The van der Waals surface area contributed by atoms with Crippen molar-refractivity contribution in [2.45, 2.75) is 38.5 Å². The number of benzene rings is 1. The molecular formula is C13H18O. The predicted molar refractivity (Wildman–Crippen MR) is 59.0 cm³/mol. The first kappa shape index (κ1) is 9.57. The van der Waals surface area contributed by atoms with Crippen LogP contribution >= 0.6 is 0 Å². The third kappa shape index (κ3) is 1.77. The van der Waals surface area contributed by atoms with E-state index in [0.29, 0.717) is 0 Å². The van der Waals surface area contributed by atoms with Gasteiger partial charge < -0.3 is 4.74 Å². The lowest BCUT2D eigenvalue weighted by molar-refractivity contribution is 0.414. The molecule has 0 amide bonds. The molecule has 0 aliphatic heterocycles. The largest absolute Gasteiger partial charge is 0.497 e. The smallest absolute Gasteiger partial charge is 0.119 e. The average molecular weight is 190 g/mol. The lowest BCUT2D eigenvalue weighted by Gasteiger charge is -2.13. The topological polar surface area (TPSA) is 9.23 Å². The molecule has 0 heterocycles. The van der Waals surface area contributed by atoms with Crippen LogP contribution in [0.3, 0.4) is 0 Å².